The monoisotopic (exact) mass is 268 g/mol. The Kier molecular flexibility index (Phi) is 5.63. The highest BCUT2D eigenvalue weighted by Gasteiger charge is 2.24. The lowest BCUT2D eigenvalue weighted by Crippen LogP contribution is -2.31. The first kappa shape index (κ1) is 15.0. The lowest BCUT2D eigenvalue weighted by Gasteiger charge is -2.19. The molecule has 0 saturated carbocycles. The predicted molar refractivity (Wildman–Crippen MR) is 75.6 cm³/mol. The van der Waals surface area contributed by atoms with E-state index < -0.39 is 0 Å². The molecule has 1 aliphatic rings. The van der Waals surface area contributed by atoms with Crippen molar-refractivity contribution in [1.29, 1.82) is 0 Å². The first-order valence-corrected chi connectivity index (χ1v) is 6.25. The van der Waals surface area contributed by atoms with E-state index in [0.717, 1.165) is 25.1 Å². The number of nitrogens with two attached hydrogens (primary N) is 1. The van der Waals surface area contributed by atoms with Gasteiger partial charge < -0.3 is 10.6 Å². The highest BCUT2D eigenvalue weighted by atomic mass is 35.5. The summed E-state index contributed by atoms with van der Waals surface area (Å²) in [5, 5.41) is 0. The fourth-order valence-electron chi connectivity index (χ4n) is 2.30. The molecule has 2 unspecified atom stereocenters. The minimum absolute atomic E-state index is 0. The van der Waals surface area contributed by atoms with Crippen molar-refractivity contribution < 1.29 is 4.79 Å². The smallest absolute Gasteiger partial charge is 0.224 e. The summed E-state index contributed by atoms with van der Waals surface area (Å²) in [7, 11) is 0. The molecule has 2 rings (SSSR count). The second-order valence-corrected chi connectivity index (χ2v) is 4.95. The molecule has 0 radical (unpaired) electrons. The number of halogens is 1. The number of likely N-dealkylation sites (tertiary alicyclic amines) is 1. The molecule has 1 fully saturated rings. The quantitative estimate of drug-likeness (QED) is 0.915. The van der Waals surface area contributed by atoms with Gasteiger partial charge in [-0.05, 0) is 17.9 Å². The molecule has 1 saturated heterocycles. The second-order valence-electron chi connectivity index (χ2n) is 4.95. The lowest BCUT2D eigenvalue weighted by atomic mass is 10.0. The summed E-state index contributed by atoms with van der Waals surface area (Å²) < 4.78 is 0. The van der Waals surface area contributed by atoms with Gasteiger partial charge in [0.15, 0.2) is 0 Å². The average Bonchev–Trinajstić information content (AvgIpc) is 2.77. The molecule has 1 amide bonds. The van der Waals surface area contributed by atoms with Crippen molar-refractivity contribution in [3.63, 3.8) is 0 Å². The Morgan fingerprint density at radius 1 is 1.44 bits per heavy atom. The van der Waals surface area contributed by atoms with Crippen LogP contribution in [0.1, 0.15) is 31.4 Å². The summed E-state index contributed by atoms with van der Waals surface area (Å²) in [6, 6.07) is 9.64. The summed E-state index contributed by atoms with van der Waals surface area (Å²) in [5.41, 5.74) is 7.09. The molecule has 3 nitrogen and oxygen atoms in total. The zero-order chi connectivity index (χ0) is 12.3. The summed E-state index contributed by atoms with van der Waals surface area (Å²) in [4.78, 5) is 14.0. The molecular formula is C14H21ClN2O. The third-order valence-corrected chi connectivity index (χ3v) is 3.40. The Balaban J connectivity index is 0.00000162. The van der Waals surface area contributed by atoms with E-state index in [-0.39, 0.29) is 24.4 Å². The summed E-state index contributed by atoms with van der Waals surface area (Å²) in [6.45, 7) is 3.96. The molecule has 2 atom stereocenters. The minimum atomic E-state index is -0.181. The van der Waals surface area contributed by atoms with Crippen molar-refractivity contribution in [1.82, 2.24) is 4.90 Å². The van der Waals surface area contributed by atoms with Gasteiger partial charge in [-0.2, -0.15) is 0 Å². The molecule has 18 heavy (non-hydrogen) atoms. The van der Waals surface area contributed by atoms with E-state index in [1.807, 2.05) is 35.2 Å². The van der Waals surface area contributed by atoms with Gasteiger partial charge in [0, 0.05) is 25.6 Å². The van der Waals surface area contributed by atoms with Gasteiger partial charge in [-0.25, -0.2) is 0 Å². The zero-order valence-corrected chi connectivity index (χ0v) is 11.5. The second kappa shape index (κ2) is 6.76. The molecule has 1 aromatic carbocycles. The van der Waals surface area contributed by atoms with Crippen molar-refractivity contribution in [3.8, 4) is 0 Å². The van der Waals surface area contributed by atoms with Gasteiger partial charge in [0.25, 0.3) is 0 Å². The Hall–Kier alpha value is -1.06. The van der Waals surface area contributed by atoms with Crippen LogP contribution in [0, 0.1) is 5.92 Å². The maximum absolute atomic E-state index is 12.0. The van der Waals surface area contributed by atoms with Gasteiger partial charge in [0.05, 0.1) is 0 Å². The number of carbonyl (C=O) groups excluding carboxylic acids is 1. The number of hydrogen-bond acceptors (Lipinski definition) is 2. The number of nitrogens with zero attached hydrogens (tertiary/aromatic N) is 1. The standard InChI is InChI=1S/C14H20N2O.ClH/c1-11-7-8-16(10-11)14(17)9-13(15)12-5-3-2-4-6-12;/h2-6,11,13H,7-10,15H2,1H3;1H. The lowest BCUT2D eigenvalue weighted by molar-refractivity contribution is -0.130. The van der Waals surface area contributed by atoms with Crippen LogP contribution in [0.5, 0.6) is 0 Å². The molecule has 1 aliphatic heterocycles. The van der Waals surface area contributed by atoms with Gasteiger partial charge in [0.1, 0.15) is 0 Å². The summed E-state index contributed by atoms with van der Waals surface area (Å²) in [5.74, 6) is 0.817. The van der Waals surface area contributed by atoms with Crippen LogP contribution in [0.3, 0.4) is 0 Å². The van der Waals surface area contributed by atoms with E-state index in [1.165, 1.54) is 0 Å². The minimum Gasteiger partial charge on any atom is -0.342 e. The van der Waals surface area contributed by atoms with E-state index >= 15 is 0 Å². The molecule has 0 spiro atoms. The van der Waals surface area contributed by atoms with E-state index in [2.05, 4.69) is 6.92 Å². The Morgan fingerprint density at radius 3 is 2.67 bits per heavy atom. The van der Waals surface area contributed by atoms with Crippen LogP contribution < -0.4 is 5.73 Å². The van der Waals surface area contributed by atoms with Crippen molar-refractivity contribution in [2.45, 2.75) is 25.8 Å². The van der Waals surface area contributed by atoms with Crippen molar-refractivity contribution in [2.24, 2.45) is 11.7 Å². The average molecular weight is 269 g/mol. The van der Waals surface area contributed by atoms with Crippen LogP contribution in [-0.4, -0.2) is 23.9 Å². The SMILES string of the molecule is CC1CCN(C(=O)CC(N)c2ccccc2)C1.Cl. The van der Waals surface area contributed by atoms with E-state index in [4.69, 9.17) is 5.73 Å². The largest absolute Gasteiger partial charge is 0.342 e. The van der Waals surface area contributed by atoms with Gasteiger partial charge in [-0.3, -0.25) is 4.79 Å². The van der Waals surface area contributed by atoms with Crippen LogP contribution in [0.2, 0.25) is 0 Å². The topological polar surface area (TPSA) is 46.3 Å². The van der Waals surface area contributed by atoms with Crippen LogP contribution in [0.25, 0.3) is 0 Å². The van der Waals surface area contributed by atoms with Crippen molar-refractivity contribution >= 4 is 18.3 Å². The van der Waals surface area contributed by atoms with Gasteiger partial charge in [-0.15, -0.1) is 12.4 Å². The molecule has 1 heterocycles. The molecule has 0 aliphatic carbocycles. The fraction of sp³-hybridized carbons (Fsp3) is 0.500. The van der Waals surface area contributed by atoms with E-state index in [9.17, 15) is 4.79 Å². The van der Waals surface area contributed by atoms with E-state index in [1.54, 1.807) is 0 Å². The molecule has 100 valence electrons. The first-order valence-electron chi connectivity index (χ1n) is 6.25. The highest BCUT2D eigenvalue weighted by Crippen LogP contribution is 2.19. The summed E-state index contributed by atoms with van der Waals surface area (Å²) >= 11 is 0. The van der Waals surface area contributed by atoms with Crippen molar-refractivity contribution in [2.75, 3.05) is 13.1 Å². The number of carbonyl (C=O) groups is 1. The van der Waals surface area contributed by atoms with Gasteiger partial charge in [-0.1, -0.05) is 37.3 Å². The fourth-order valence-corrected chi connectivity index (χ4v) is 2.30. The van der Waals surface area contributed by atoms with Crippen molar-refractivity contribution in [3.05, 3.63) is 35.9 Å². The number of amides is 1. The third-order valence-electron chi connectivity index (χ3n) is 3.40. The Labute approximate surface area is 115 Å². The maximum Gasteiger partial charge on any atom is 0.224 e. The first-order chi connectivity index (χ1) is 8.16. The Bertz CT molecular complexity index is 383. The third kappa shape index (κ3) is 3.72. The predicted octanol–water partition coefficient (Wildman–Crippen LogP) is 2.37. The Morgan fingerprint density at radius 2 is 2.11 bits per heavy atom. The van der Waals surface area contributed by atoms with E-state index in [0.29, 0.717) is 12.3 Å². The number of rotatable bonds is 3. The van der Waals surface area contributed by atoms with Crippen LogP contribution in [0.4, 0.5) is 0 Å². The number of hydrogen-bond donors (Lipinski definition) is 1. The number of benzene rings is 1. The normalized spacial score (nSPS) is 20.3. The molecule has 1 aromatic rings. The summed E-state index contributed by atoms with van der Waals surface area (Å²) in [6.07, 6.45) is 1.53. The maximum atomic E-state index is 12.0. The van der Waals surface area contributed by atoms with Crippen LogP contribution >= 0.6 is 12.4 Å². The highest BCUT2D eigenvalue weighted by molar-refractivity contribution is 5.85. The molecule has 2 N–H and O–H groups in total. The molecule has 4 heteroatoms. The van der Waals surface area contributed by atoms with Gasteiger partial charge >= 0.3 is 0 Å². The molecule has 0 bridgehead atoms. The van der Waals surface area contributed by atoms with Gasteiger partial charge in [0.2, 0.25) is 5.91 Å². The van der Waals surface area contributed by atoms with Crippen LogP contribution in [0.15, 0.2) is 30.3 Å². The molecular weight excluding hydrogens is 248 g/mol. The zero-order valence-electron chi connectivity index (χ0n) is 10.7. The molecule has 0 aromatic heterocycles. The van der Waals surface area contributed by atoms with Crippen LogP contribution in [-0.2, 0) is 4.79 Å².